The summed E-state index contributed by atoms with van der Waals surface area (Å²) in [5.41, 5.74) is 10.3. The smallest absolute Gasteiger partial charge is 0.0667 e. The number of hydrogen-bond donors (Lipinski definition) is 1. The lowest BCUT2D eigenvalue weighted by molar-refractivity contribution is 1.02. The minimum absolute atomic E-state index is 0.702. The van der Waals surface area contributed by atoms with Crippen LogP contribution in [0.5, 0.6) is 0 Å². The van der Waals surface area contributed by atoms with Crippen molar-refractivity contribution in [1.82, 2.24) is 0 Å². The number of rotatable bonds is 2. The van der Waals surface area contributed by atoms with Crippen molar-refractivity contribution in [2.24, 2.45) is 0 Å². The first-order valence-electron chi connectivity index (χ1n) is 4.68. The number of nitrogen functional groups attached to an aromatic ring is 1. The largest absolute Gasteiger partial charge is 0.398 e. The van der Waals surface area contributed by atoms with Crippen LogP contribution in [0.1, 0.15) is 30.5 Å². The summed E-state index contributed by atoms with van der Waals surface area (Å²) in [4.78, 5) is 0. The van der Waals surface area contributed by atoms with Crippen LogP contribution in [0.2, 0.25) is 5.02 Å². The number of hydrogen-bond acceptors (Lipinski definition) is 1. The molecule has 0 aliphatic carbocycles. The van der Waals surface area contributed by atoms with E-state index in [1.165, 1.54) is 11.1 Å². The maximum absolute atomic E-state index is 6.07. The van der Waals surface area contributed by atoms with Gasteiger partial charge in [-0.25, -0.2) is 0 Å². The van der Waals surface area contributed by atoms with Gasteiger partial charge in [0.25, 0.3) is 0 Å². The van der Waals surface area contributed by atoms with Gasteiger partial charge in [0.15, 0.2) is 0 Å². The van der Waals surface area contributed by atoms with Gasteiger partial charge in [0.2, 0.25) is 0 Å². The third-order valence-corrected chi connectivity index (χ3v) is 2.99. The summed E-state index contributed by atoms with van der Waals surface area (Å²) in [6, 6.07) is 1.99. The van der Waals surface area contributed by atoms with Crippen molar-refractivity contribution >= 4 is 17.3 Å². The Morgan fingerprint density at radius 1 is 1.31 bits per heavy atom. The van der Waals surface area contributed by atoms with Gasteiger partial charge in [0.05, 0.1) is 10.7 Å². The lowest BCUT2D eigenvalue weighted by Crippen LogP contribution is -1.99. The molecule has 0 radical (unpaired) electrons. The predicted molar refractivity (Wildman–Crippen MR) is 59.4 cm³/mol. The second-order valence-corrected chi connectivity index (χ2v) is 3.63. The number of benzene rings is 1. The van der Waals surface area contributed by atoms with Crippen LogP contribution >= 0.6 is 11.6 Å². The van der Waals surface area contributed by atoms with Crippen LogP contribution in [0.3, 0.4) is 0 Å². The van der Waals surface area contributed by atoms with E-state index in [0.29, 0.717) is 10.7 Å². The van der Waals surface area contributed by atoms with E-state index in [2.05, 4.69) is 13.8 Å². The van der Waals surface area contributed by atoms with E-state index in [0.717, 1.165) is 18.4 Å². The highest BCUT2D eigenvalue weighted by Gasteiger charge is 2.09. The van der Waals surface area contributed by atoms with Crippen molar-refractivity contribution < 1.29 is 0 Å². The fraction of sp³-hybridized carbons (Fsp3) is 0.455. The SMILES string of the molecule is CCc1cc(N)c(Cl)c(C)c1CC. The Balaban J connectivity index is 3.39. The van der Waals surface area contributed by atoms with Crippen LogP contribution in [0.4, 0.5) is 5.69 Å². The second kappa shape index (κ2) is 4.01. The third kappa shape index (κ3) is 1.80. The van der Waals surface area contributed by atoms with Crippen molar-refractivity contribution in [2.45, 2.75) is 33.6 Å². The predicted octanol–water partition coefficient (Wildman–Crippen LogP) is 3.36. The fourth-order valence-electron chi connectivity index (χ4n) is 1.74. The van der Waals surface area contributed by atoms with E-state index >= 15 is 0 Å². The molecule has 2 heteroatoms. The molecule has 72 valence electrons. The lowest BCUT2D eigenvalue weighted by atomic mass is 9.97. The van der Waals surface area contributed by atoms with Crippen molar-refractivity contribution in [3.8, 4) is 0 Å². The minimum atomic E-state index is 0.702. The van der Waals surface area contributed by atoms with Gasteiger partial charge in [-0.2, -0.15) is 0 Å². The molecule has 0 saturated heterocycles. The summed E-state index contributed by atoms with van der Waals surface area (Å²) < 4.78 is 0. The van der Waals surface area contributed by atoms with Crippen LogP contribution in [0.15, 0.2) is 6.07 Å². The molecule has 0 spiro atoms. The highest BCUT2D eigenvalue weighted by molar-refractivity contribution is 6.34. The Hall–Kier alpha value is -0.690. The summed E-state index contributed by atoms with van der Waals surface area (Å²) in [5.74, 6) is 0. The van der Waals surface area contributed by atoms with E-state index in [-0.39, 0.29) is 0 Å². The van der Waals surface area contributed by atoms with Gasteiger partial charge in [-0.05, 0) is 42.5 Å². The number of halogens is 1. The number of nitrogens with two attached hydrogens (primary N) is 1. The molecule has 0 heterocycles. The zero-order valence-corrected chi connectivity index (χ0v) is 9.20. The molecule has 2 N–H and O–H groups in total. The first-order chi connectivity index (χ1) is 6.11. The molecule has 1 aromatic carbocycles. The minimum Gasteiger partial charge on any atom is -0.398 e. The van der Waals surface area contributed by atoms with Gasteiger partial charge < -0.3 is 5.73 Å². The maximum Gasteiger partial charge on any atom is 0.0667 e. The molecule has 0 atom stereocenters. The van der Waals surface area contributed by atoms with E-state index in [1.807, 2.05) is 13.0 Å². The average Bonchev–Trinajstić information content (AvgIpc) is 2.13. The zero-order valence-electron chi connectivity index (χ0n) is 8.45. The lowest BCUT2D eigenvalue weighted by Gasteiger charge is -2.13. The highest BCUT2D eigenvalue weighted by atomic mass is 35.5. The normalized spacial score (nSPS) is 10.5. The van der Waals surface area contributed by atoms with Crippen LogP contribution in [0, 0.1) is 6.92 Å². The summed E-state index contributed by atoms with van der Waals surface area (Å²) in [6.07, 6.45) is 2.04. The van der Waals surface area contributed by atoms with Crippen molar-refractivity contribution in [2.75, 3.05) is 5.73 Å². The topological polar surface area (TPSA) is 26.0 Å². The molecule has 0 bridgehead atoms. The van der Waals surface area contributed by atoms with Gasteiger partial charge in [0.1, 0.15) is 0 Å². The first-order valence-corrected chi connectivity index (χ1v) is 5.05. The van der Waals surface area contributed by atoms with Gasteiger partial charge in [-0.1, -0.05) is 25.4 Å². The maximum atomic E-state index is 6.07. The van der Waals surface area contributed by atoms with E-state index < -0.39 is 0 Å². The molecule has 1 rings (SSSR count). The molecular formula is C11H16ClN. The summed E-state index contributed by atoms with van der Waals surface area (Å²) in [6.45, 7) is 6.33. The molecule has 0 aliphatic rings. The summed E-state index contributed by atoms with van der Waals surface area (Å²) in [5, 5.41) is 0.717. The van der Waals surface area contributed by atoms with Gasteiger partial charge in [-0.15, -0.1) is 0 Å². The molecule has 1 aromatic rings. The van der Waals surface area contributed by atoms with E-state index in [1.54, 1.807) is 0 Å². The van der Waals surface area contributed by atoms with Crippen LogP contribution in [0.25, 0.3) is 0 Å². The molecule has 0 fully saturated rings. The second-order valence-electron chi connectivity index (χ2n) is 3.25. The van der Waals surface area contributed by atoms with Crippen molar-refractivity contribution in [3.63, 3.8) is 0 Å². The van der Waals surface area contributed by atoms with E-state index in [9.17, 15) is 0 Å². The van der Waals surface area contributed by atoms with Crippen LogP contribution < -0.4 is 5.73 Å². The Bertz CT molecular complexity index is 318. The molecule has 0 saturated carbocycles. The average molecular weight is 198 g/mol. The Labute approximate surface area is 84.9 Å². The summed E-state index contributed by atoms with van der Waals surface area (Å²) >= 11 is 6.07. The summed E-state index contributed by atoms with van der Waals surface area (Å²) in [7, 11) is 0. The molecular weight excluding hydrogens is 182 g/mol. The quantitative estimate of drug-likeness (QED) is 0.723. The van der Waals surface area contributed by atoms with Gasteiger partial charge in [-0.3, -0.25) is 0 Å². The molecule has 1 nitrogen and oxygen atoms in total. The zero-order chi connectivity index (χ0) is 10.0. The Morgan fingerprint density at radius 2 is 1.92 bits per heavy atom. The molecule has 0 unspecified atom stereocenters. The van der Waals surface area contributed by atoms with Gasteiger partial charge in [0, 0.05) is 0 Å². The molecule has 0 amide bonds. The Morgan fingerprint density at radius 3 is 2.38 bits per heavy atom. The van der Waals surface area contributed by atoms with Crippen LogP contribution in [-0.4, -0.2) is 0 Å². The van der Waals surface area contributed by atoms with E-state index in [4.69, 9.17) is 17.3 Å². The highest BCUT2D eigenvalue weighted by Crippen LogP contribution is 2.29. The molecule has 0 aromatic heterocycles. The van der Waals surface area contributed by atoms with Crippen LogP contribution in [-0.2, 0) is 12.8 Å². The number of anilines is 1. The molecule has 0 aliphatic heterocycles. The Kier molecular flexibility index (Phi) is 3.21. The standard InChI is InChI=1S/C11H16ClN/c1-4-8-6-10(13)11(12)7(3)9(8)5-2/h6H,4-5,13H2,1-3H3. The van der Waals surface area contributed by atoms with Crippen molar-refractivity contribution in [1.29, 1.82) is 0 Å². The fourth-order valence-corrected chi connectivity index (χ4v) is 1.90. The van der Waals surface area contributed by atoms with Gasteiger partial charge >= 0.3 is 0 Å². The van der Waals surface area contributed by atoms with Crippen molar-refractivity contribution in [3.05, 3.63) is 27.8 Å². The molecule has 13 heavy (non-hydrogen) atoms. The monoisotopic (exact) mass is 197 g/mol. The number of aryl methyl sites for hydroxylation is 1. The third-order valence-electron chi connectivity index (χ3n) is 2.49. The first kappa shape index (κ1) is 10.4.